The van der Waals surface area contributed by atoms with Gasteiger partial charge in [0.05, 0.1) is 6.04 Å². The minimum absolute atomic E-state index is 0.592. The van der Waals surface area contributed by atoms with Crippen molar-refractivity contribution >= 4 is 17.6 Å². The minimum atomic E-state index is -1.17. The number of amides is 1. The van der Waals surface area contributed by atoms with Crippen LogP contribution in [0.5, 0.6) is 0 Å². The first kappa shape index (κ1) is 19.5. The molecule has 0 saturated heterocycles. The van der Waals surface area contributed by atoms with E-state index >= 15 is 0 Å². The average molecular weight is 331 g/mol. The van der Waals surface area contributed by atoms with Crippen LogP contribution in [0.1, 0.15) is 38.8 Å². The molecule has 5 nitrogen and oxygen atoms in total. The molecule has 24 heavy (non-hydrogen) atoms. The lowest BCUT2D eigenvalue weighted by Gasteiger charge is -2.37. The highest BCUT2D eigenvalue weighted by Gasteiger charge is 2.38. The number of carboxylic acid groups (broad SMARTS) is 1. The Balaban J connectivity index is 3.20. The van der Waals surface area contributed by atoms with Gasteiger partial charge in [0, 0.05) is 11.5 Å². The van der Waals surface area contributed by atoms with Gasteiger partial charge in [0.2, 0.25) is 0 Å². The van der Waals surface area contributed by atoms with E-state index in [0.29, 0.717) is 0 Å². The van der Waals surface area contributed by atoms with Crippen molar-refractivity contribution in [2.24, 2.45) is 0 Å². The van der Waals surface area contributed by atoms with Gasteiger partial charge < -0.3 is 15.2 Å². The van der Waals surface area contributed by atoms with E-state index in [-0.39, 0.29) is 0 Å². The van der Waals surface area contributed by atoms with Crippen molar-refractivity contribution in [1.29, 1.82) is 0 Å². The molecule has 0 heterocycles. The quantitative estimate of drug-likeness (QED) is 0.589. The number of carbonyl (C=O) groups is 2. The van der Waals surface area contributed by atoms with Crippen LogP contribution < -0.4 is 5.32 Å². The summed E-state index contributed by atoms with van der Waals surface area (Å²) in [5.74, 6) is -0.592. The molecule has 130 valence electrons. The van der Waals surface area contributed by atoms with Gasteiger partial charge in [-0.15, -0.1) is 0 Å². The number of allylic oxidation sites excluding steroid dienone is 1. The molecular weight excluding hydrogens is 306 g/mol. The van der Waals surface area contributed by atoms with E-state index in [1.54, 1.807) is 6.92 Å². The Bertz CT molecular complexity index is 631. The monoisotopic (exact) mass is 331 g/mol. The Morgan fingerprint density at radius 2 is 1.83 bits per heavy atom. The Labute approximate surface area is 143 Å². The molecule has 0 fully saturated rings. The van der Waals surface area contributed by atoms with Crippen LogP contribution in [-0.4, -0.2) is 29.3 Å². The van der Waals surface area contributed by atoms with Crippen LogP contribution >= 0.6 is 0 Å². The van der Waals surface area contributed by atoms with Gasteiger partial charge in [0.1, 0.15) is 6.10 Å². The normalized spacial score (nSPS) is 13.5. The van der Waals surface area contributed by atoms with E-state index in [1.807, 2.05) is 45.0 Å². The first-order valence-corrected chi connectivity index (χ1v) is 7.68. The van der Waals surface area contributed by atoms with Crippen LogP contribution in [0.4, 0.5) is 4.79 Å². The smallest absolute Gasteiger partial charge is 0.404 e. The summed E-state index contributed by atoms with van der Waals surface area (Å²) in [6.45, 7) is 14.7. The third kappa shape index (κ3) is 4.72. The highest BCUT2D eigenvalue weighted by Crippen LogP contribution is 2.32. The molecule has 2 atom stereocenters. The number of nitrogens with one attached hydrogen (secondary N) is 1. The van der Waals surface area contributed by atoms with Gasteiger partial charge in [-0.05, 0) is 25.0 Å². The van der Waals surface area contributed by atoms with Gasteiger partial charge in [-0.1, -0.05) is 56.8 Å². The molecule has 2 unspecified atom stereocenters. The molecule has 5 heteroatoms. The fourth-order valence-electron chi connectivity index (χ4n) is 2.67. The molecule has 0 bridgehead atoms. The van der Waals surface area contributed by atoms with E-state index in [9.17, 15) is 9.59 Å². The summed E-state index contributed by atoms with van der Waals surface area (Å²) in [5, 5.41) is 11.3. The number of hydrogen-bond acceptors (Lipinski definition) is 3. The lowest BCUT2D eigenvalue weighted by Crippen LogP contribution is -2.51. The number of esters is 1. The molecule has 2 N–H and O–H groups in total. The van der Waals surface area contributed by atoms with Crippen molar-refractivity contribution in [2.75, 3.05) is 0 Å². The van der Waals surface area contributed by atoms with Gasteiger partial charge in [-0.3, -0.25) is 0 Å². The number of hydrogen-bond donors (Lipinski definition) is 2. The maximum absolute atomic E-state index is 11.7. The van der Waals surface area contributed by atoms with Gasteiger partial charge in [-0.25, -0.2) is 9.59 Å². The topological polar surface area (TPSA) is 75.6 Å². The van der Waals surface area contributed by atoms with Crippen LogP contribution in [-0.2, 0) is 14.9 Å². The second kappa shape index (κ2) is 7.81. The fourth-order valence-corrected chi connectivity index (χ4v) is 2.67. The fraction of sp³-hybridized carbons (Fsp3) is 0.368. The van der Waals surface area contributed by atoms with Crippen molar-refractivity contribution in [1.82, 2.24) is 5.32 Å². The summed E-state index contributed by atoms with van der Waals surface area (Å²) in [6.07, 6.45) is -0.800. The highest BCUT2D eigenvalue weighted by atomic mass is 16.5. The van der Waals surface area contributed by atoms with E-state index in [0.717, 1.165) is 22.8 Å². The number of ether oxygens (including phenoxy) is 1. The Hall–Kier alpha value is -2.56. The summed E-state index contributed by atoms with van der Waals surface area (Å²) in [6, 6.07) is 7.17. The maximum Gasteiger partial charge on any atom is 0.404 e. The van der Waals surface area contributed by atoms with Crippen LogP contribution in [0, 0.1) is 0 Å². The van der Waals surface area contributed by atoms with E-state index in [1.165, 1.54) is 0 Å². The molecule has 0 aliphatic carbocycles. The first-order valence-electron chi connectivity index (χ1n) is 7.68. The Morgan fingerprint density at radius 3 is 2.25 bits per heavy atom. The lowest BCUT2D eigenvalue weighted by atomic mass is 9.76. The van der Waals surface area contributed by atoms with Crippen LogP contribution in [0.3, 0.4) is 0 Å². The highest BCUT2D eigenvalue weighted by molar-refractivity contribution is 5.81. The first-order chi connectivity index (χ1) is 11.1. The Kier molecular flexibility index (Phi) is 6.35. The summed E-state index contributed by atoms with van der Waals surface area (Å²) in [4.78, 5) is 22.7. The van der Waals surface area contributed by atoms with Gasteiger partial charge in [-0.2, -0.15) is 0 Å². The van der Waals surface area contributed by atoms with Gasteiger partial charge >= 0.3 is 12.1 Å². The molecule has 1 amide bonds. The zero-order valence-corrected chi connectivity index (χ0v) is 14.6. The van der Waals surface area contributed by atoms with Crippen molar-refractivity contribution in [3.05, 3.63) is 54.6 Å². The summed E-state index contributed by atoms with van der Waals surface area (Å²) >= 11 is 0. The van der Waals surface area contributed by atoms with E-state index < -0.39 is 29.6 Å². The van der Waals surface area contributed by atoms with Crippen molar-refractivity contribution in [3.63, 3.8) is 0 Å². The average Bonchev–Trinajstić information content (AvgIpc) is 2.51. The van der Waals surface area contributed by atoms with Crippen molar-refractivity contribution in [2.45, 2.75) is 45.3 Å². The number of rotatable bonds is 7. The second-order valence-electron chi connectivity index (χ2n) is 6.38. The van der Waals surface area contributed by atoms with Gasteiger partial charge in [0.25, 0.3) is 0 Å². The minimum Gasteiger partial charge on any atom is -0.465 e. The van der Waals surface area contributed by atoms with Crippen molar-refractivity contribution < 1.29 is 19.4 Å². The van der Waals surface area contributed by atoms with E-state index in [2.05, 4.69) is 18.5 Å². The molecule has 1 aromatic carbocycles. The second-order valence-corrected chi connectivity index (χ2v) is 6.38. The molecular formula is C19H25NO4. The molecule has 1 rings (SSSR count). The lowest BCUT2D eigenvalue weighted by molar-refractivity contribution is -0.147. The van der Waals surface area contributed by atoms with Crippen molar-refractivity contribution in [3.8, 4) is 0 Å². The predicted molar refractivity (Wildman–Crippen MR) is 94.9 cm³/mol. The molecule has 0 radical (unpaired) electrons. The molecule has 0 aromatic heterocycles. The van der Waals surface area contributed by atoms with Crippen LogP contribution in [0.25, 0.3) is 5.57 Å². The summed E-state index contributed by atoms with van der Waals surface area (Å²) in [7, 11) is 0. The number of carbonyl (C=O) groups excluding carboxylic acids is 1. The summed E-state index contributed by atoms with van der Waals surface area (Å²) < 4.78 is 5.46. The largest absolute Gasteiger partial charge is 0.465 e. The zero-order chi connectivity index (χ0) is 18.5. The number of benzene rings is 1. The SMILES string of the molecule is C=CC(=O)OC(C(C)NC(=O)O)C(C)(C)c1ccc(C(=C)C)cc1. The van der Waals surface area contributed by atoms with Crippen LogP contribution in [0.2, 0.25) is 0 Å². The standard InChI is InChI=1S/C19H25NO4/c1-7-16(21)24-17(13(4)20-18(22)23)19(5,6)15-10-8-14(9-11-15)12(2)3/h7-11,13,17,20H,1-2H2,3-6H3,(H,22,23). The third-order valence-electron chi connectivity index (χ3n) is 4.05. The molecule has 0 aliphatic rings. The molecule has 1 aromatic rings. The van der Waals surface area contributed by atoms with Gasteiger partial charge in [0.15, 0.2) is 0 Å². The van der Waals surface area contributed by atoms with E-state index in [4.69, 9.17) is 9.84 Å². The Morgan fingerprint density at radius 1 is 1.29 bits per heavy atom. The summed E-state index contributed by atoms with van der Waals surface area (Å²) in [5.41, 5.74) is 2.28. The zero-order valence-electron chi connectivity index (χ0n) is 14.6. The third-order valence-corrected chi connectivity index (χ3v) is 4.05. The predicted octanol–water partition coefficient (Wildman–Crippen LogP) is 3.75. The van der Waals surface area contributed by atoms with Crippen LogP contribution in [0.15, 0.2) is 43.5 Å². The maximum atomic E-state index is 11.7. The molecule has 0 spiro atoms. The molecule has 0 aliphatic heterocycles. The molecule has 0 saturated carbocycles.